The monoisotopic (exact) mass is 339 g/mol. The first-order chi connectivity index (χ1) is 11.7. The minimum absolute atomic E-state index is 0.328. The van der Waals surface area contributed by atoms with Gasteiger partial charge < -0.3 is 14.1 Å². The third-order valence-corrected chi connectivity index (χ3v) is 5.27. The van der Waals surface area contributed by atoms with E-state index in [0.717, 1.165) is 23.2 Å². The van der Waals surface area contributed by atoms with Crippen molar-refractivity contribution >= 4 is 28.4 Å². The minimum atomic E-state index is -0.328. The van der Waals surface area contributed by atoms with Gasteiger partial charge in [0.2, 0.25) is 0 Å². The molecule has 4 rings (SSSR count). The Kier molecular flexibility index (Phi) is 3.94. The number of nitrogens with zero attached hydrogens (tertiary/aromatic N) is 1. The molecule has 24 heavy (non-hydrogen) atoms. The van der Waals surface area contributed by atoms with Crippen molar-refractivity contribution < 1.29 is 9.15 Å². The van der Waals surface area contributed by atoms with Crippen LogP contribution >= 0.6 is 11.8 Å². The van der Waals surface area contributed by atoms with Gasteiger partial charge in [-0.15, -0.1) is 11.8 Å². The maximum absolute atomic E-state index is 12.0. The lowest BCUT2D eigenvalue weighted by Gasteiger charge is -2.31. The predicted octanol–water partition coefficient (Wildman–Crippen LogP) is 3.91. The lowest BCUT2D eigenvalue weighted by molar-refractivity contribution is 0.414. The summed E-state index contributed by atoms with van der Waals surface area (Å²) in [7, 11) is 1.60. The summed E-state index contributed by atoms with van der Waals surface area (Å²) in [6.45, 7) is 1.64. The zero-order chi connectivity index (χ0) is 16.5. The highest BCUT2D eigenvalue weighted by Crippen LogP contribution is 2.35. The van der Waals surface area contributed by atoms with Crippen LogP contribution in [0.1, 0.15) is 5.56 Å². The normalized spacial score (nSPS) is 13.8. The molecule has 2 aromatic carbocycles. The Labute approximate surface area is 144 Å². The fraction of sp³-hybridized carbons (Fsp3) is 0.211. The van der Waals surface area contributed by atoms with Crippen molar-refractivity contribution in [3.8, 4) is 5.75 Å². The molecule has 0 amide bonds. The van der Waals surface area contributed by atoms with Crippen LogP contribution in [-0.4, -0.2) is 19.4 Å². The van der Waals surface area contributed by atoms with Gasteiger partial charge in [0.1, 0.15) is 11.3 Å². The zero-order valence-corrected chi connectivity index (χ0v) is 14.1. The Morgan fingerprint density at radius 2 is 2.08 bits per heavy atom. The summed E-state index contributed by atoms with van der Waals surface area (Å²) in [6.07, 6.45) is 0. The molecule has 4 nitrogen and oxygen atoms in total. The summed E-state index contributed by atoms with van der Waals surface area (Å²) in [4.78, 5) is 15.6. The van der Waals surface area contributed by atoms with Crippen LogP contribution in [0.4, 0.5) is 5.69 Å². The molecule has 0 radical (unpaired) electrons. The van der Waals surface area contributed by atoms with Crippen LogP contribution in [0, 0.1) is 0 Å². The number of para-hydroxylation sites is 1. The van der Waals surface area contributed by atoms with Crippen molar-refractivity contribution in [3.05, 3.63) is 64.5 Å². The highest BCUT2D eigenvalue weighted by atomic mass is 32.2. The smallest absolute Gasteiger partial charge is 0.336 e. The third-order valence-electron chi connectivity index (χ3n) is 4.22. The first kappa shape index (κ1) is 15.1. The second kappa shape index (κ2) is 6.24. The van der Waals surface area contributed by atoms with Crippen LogP contribution in [0.15, 0.2) is 62.6 Å². The second-order valence-corrected chi connectivity index (χ2v) is 6.83. The van der Waals surface area contributed by atoms with Gasteiger partial charge >= 0.3 is 5.63 Å². The van der Waals surface area contributed by atoms with Gasteiger partial charge in [-0.05, 0) is 29.8 Å². The van der Waals surface area contributed by atoms with Gasteiger partial charge in [-0.1, -0.05) is 12.1 Å². The molecule has 2 heterocycles. The molecule has 0 saturated carbocycles. The molecule has 0 bridgehead atoms. The standard InChI is InChI=1S/C19H17NO3S/c1-22-14-6-7-15-13(10-19(21)23-17(15)11-14)12-20-8-9-24-18-5-3-2-4-16(18)20/h2-7,10-11H,8-9,12H2,1H3. The van der Waals surface area contributed by atoms with E-state index in [-0.39, 0.29) is 5.63 Å². The molecule has 122 valence electrons. The Hall–Kier alpha value is -2.40. The van der Waals surface area contributed by atoms with Gasteiger partial charge in [0, 0.05) is 41.3 Å². The van der Waals surface area contributed by atoms with E-state index in [1.807, 2.05) is 23.9 Å². The van der Waals surface area contributed by atoms with Crippen LogP contribution in [0.3, 0.4) is 0 Å². The molecule has 3 aromatic rings. The van der Waals surface area contributed by atoms with E-state index < -0.39 is 0 Å². The number of anilines is 1. The van der Waals surface area contributed by atoms with Gasteiger partial charge in [0.05, 0.1) is 12.8 Å². The third kappa shape index (κ3) is 2.76. The van der Waals surface area contributed by atoms with Gasteiger partial charge in [-0.2, -0.15) is 0 Å². The Bertz CT molecular complexity index is 951. The van der Waals surface area contributed by atoms with Gasteiger partial charge in [-0.3, -0.25) is 0 Å². The summed E-state index contributed by atoms with van der Waals surface area (Å²) in [5.41, 5.74) is 2.44. The molecule has 0 spiro atoms. The highest BCUT2D eigenvalue weighted by Gasteiger charge is 2.18. The maximum atomic E-state index is 12.0. The van der Waals surface area contributed by atoms with Crippen LogP contribution < -0.4 is 15.3 Å². The lowest BCUT2D eigenvalue weighted by atomic mass is 10.1. The average molecular weight is 339 g/mol. The van der Waals surface area contributed by atoms with Crippen LogP contribution in [0.25, 0.3) is 11.0 Å². The number of hydrogen-bond donors (Lipinski definition) is 0. The SMILES string of the molecule is COc1ccc2c(CN3CCSc4ccccc43)cc(=O)oc2c1. The van der Waals surface area contributed by atoms with E-state index >= 15 is 0 Å². The summed E-state index contributed by atoms with van der Waals surface area (Å²) in [6, 6.07) is 15.6. The number of rotatable bonds is 3. The number of fused-ring (bicyclic) bond motifs is 2. The average Bonchev–Trinajstić information content (AvgIpc) is 2.61. The Morgan fingerprint density at radius 1 is 1.21 bits per heavy atom. The van der Waals surface area contributed by atoms with Crippen LogP contribution in [0.2, 0.25) is 0 Å². The molecule has 1 aliphatic rings. The number of benzene rings is 2. The minimum Gasteiger partial charge on any atom is -0.497 e. The first-order valence-electron chi connectivity index (χ1n) is 7.82. The summed E-state index contributed by atoms with van der Waals surface area (Å²) >= 11 is 1.88. The number of methoxy groups -OCH3 is 1. The molecule has 1 aromatic heterocycles. The number of hydrogen-bond acceptors (Lipinski definition) is 5. The van der Waals surface area contributed by atoms with Gasteiger partial charge in [0.15, 0.2) is 0 Å². The molecule has 0 fully saturated rings. The Morgan fingerprint density at radius 3 is 2.96 bits per heavy atom. The maximum Gasteiger partial charge on any atom is 0.336 e. The summed E-state index contributed by atoms with van der Waals surface area (Å²) < 4.78 is 10.6. The van der Waals surface area contributed by atoms with Crippen molar-refractivity contribution in [2.45, 2.75) is 11.4 Å². The van der Waals surface area contributed by atoms with E-state index in [9.17, 15) is 4.79 Å². The molecule has 0 atom stereocenters. The van der Waals surface area contributed by atoms with Crippen molar-refractivity contribution in [1.29, 1.82) is 0 Å². The molecule has 0 aliphatic carbocycles. The fourth-order valence-corrected chi connectivity index (χ4v) is 4.12. The van der Waals surface area contributed by atoms with E-state index in [2.05, 4.69) is 29.2 Å². The van der Waals surface area contributed by atoms with E-state index in [0.29, 0.717) is 17.9 Å². The summed E-state index contributed by atoms with van der Waals surface area (Å²) in [5, 5.41) is 0.950. The molecular weight excluding hydrogens is 322 g/mol. The summed E-state index contributed by atoms with van der Waals surface area (Å²) in [5.74, 6) is 1.73. The molecule has 1 aliphatic heterocycles. The molecule has 0 unspecified atom stereocenters. The molecule has 0 N–H and O–H groups in total. The fourth-order valence-electron chi connectivity index (χ4n) is 3.06. The quantitative estimate of drug-likeness (QED) is 0.677. The number of ether oxygens (including phenoxy) is 1. The van der Waals surface area contributed by atoms with E-state index in [4.69, 9.17) is 9.15 Å². The number of thioether (sulfide) groups is 1. The first-order valence-corrected chi connectivity index (χ1v) is 8.81. The zero-order valence-electron chi connectivity index (χ0n) is 13.3. The molecule has 5 heteroatoms. The van der Waals surface area contributed by atoms with Crippen molar-refractivity contribution in [1.82, 2.24) is 0 Å². The van der Waals surface area contributed by atoms with Gasteiger partial charge in [-0.25, -0.2) is 4.79 Å². The van der Waals surface area contributed by atoms with E-state index in [1.54, 1.807) is 19.2 Å². The van der Waals surface area contributed by atoms with Crippen molar-refractivity contribution in [3.63, 3.8) is 0 Å². The molecule has 0 saturated heterocycles. The Balaban J connectivity index is 1.77. The van der Waals surface area contributed by atoms with Crippen molar-refractivity contribution in [2.24, 2.45) is 0 Å². The van der Waals surface area contributed by atoms with Crippen LogP contribution in [-0.2, 0) is 6.54 Å². The van der Waals surface area contributed by atoms with Crippen LogP contribution in [0.5, 0.6) is 5.75 Å². The lowest BCUT2D eigenvalue weighted by Crippen LogP contribution is -2.29. The highest BCUT2D eigenvalue weighted by molar-refractivity contribution is 7.99. The second-order valence-electron chi connectivity index (χ2n) is 5.69. The van der Waals surface area contributed by atoms with Gasteiger partial charge in [0.25, 0.3) is 0 Å². The van der Waals surface area contributed by atoms with E-state index in [1.165, 1.54) is 10.6 Å². The topological polar surface area (TPSA) is 42.7 Å². The largest absolute Gasteiger partial charge is 0.497 e. The predicted molar refractivity (Wildman–Crippen MR) is 97.3 cm³/mol. The van der Waals surface area contributed by atoms with Crippen molar-refractivity contribution in [2.75, 3.05) is 24.3 Å². The molecular formula is C19H17NO3S.